The van der Waals surface area contributed by atoms with E-state index in [-0.39, 0.29) is 19.1 Å². The number of hydrogen-bond acceptors (Lipinski definition) is 5. The molecule has 0 saturated carbocycles. The molecular weight excluding hydrogens is 394 g/mol. The molecule has 158 valence electrons. The van der Waals surface area contributed by atoms with Crippen LogP contribution in [-0.2, 0) is 29.2 Å². The second-order valence-electron chi connectivity index (χ2n) is 7.27. The summed E-state index contributed by atoms with van der Waals surface area (Å²) < 4.78 is 7.78. The maximum Gasteiger partial charge on any atom is 0.352 e. The third kappa shape index (κ3) is 4.54. The normalized spacial score (nSPS) is 11.0. The standard InChI is InChI=1S/C23H23N5O3/c1-16-8-10-17(11-9-16)13-24-21(29)14-27-23(30)28-20(26-27)12-19(15-31-2)25-22(28)18-6-4-3-5-7-18/h3-12H,13-15H2,1-2H3,(H,24,29). The zero-order valence-corrected chi connectivity index (χ0v) is 17.4. The number of aryl methyl sites for hydroxylation is 1. The molecule has 0 aliphatic heterocycles. The van der Waals surface area contributed by atoms with E-state index < -0.39 is 5.69 Å². The average Bonchev–Trinajstić information content (AvgIpc) is 3.08. The molecule has 0 saturated heterocycles. The van der Waals surface area contributed by atoms with Crippen LogP contribution in [0.5, 0.6) is 0 Å². The number of benzene rings is 2. The van der Waals surface area contributed by atoms with Gasteiger partial charge in [-0.25, -0.2) is 18.9 Å². The third-order valence-corrected chi connectivity index (χ3v) is 4.85. The molecule has 1 amide bonds. The van der Waals surface area contributed by atoms with Crippen molar-refractivity contribution in [3.63, 3.8) is 0 Å². The van der Waals surface area contributed by atoms with Crippen molar-refractivity contribution in [2.75, 3.05) is 7.11 Å². The smallest absolute Gasteiger partial charge is 0.352 e. The van der Waals surface area contributed by atoms with Gasteiger partial charge in [-0.05, 0) is 12.5 Å². The van der Waals surface area contributed by atoms with Crippen LogP contribution in [0.15, 0.2) is 65.5 Å². The molecule has 31 heavy (non-hydrogen) atoms. The van der Waals surface area contributed by atoms with E-state index in [1.54, 1.807) is 13.2 Å². The highest BCUT2D eigenvalue weighted by Gasteiger charge is 2.17. The van der Waals surface area contributed by atoms with E-state index in [0.717, 1.165) is 21.4 Å². The molecule has 2 aromatic heterocycles. The molecular formula is C23H23N5O3. The van der Waals surface area contributed by atoms with Crippen LogP contribution >= 0.6 is 0 Å². The Hall–Kier alpha value is -3.78. The van der Waals surface area contributed by atoms with Crippen molar-refractivity contribution in [2.45, 2.75) is 26.6 Å². The van der Waals surface area contributed by atoms with Gasteiger partial charge in [0.25, 0.3) is 0 Å². The summed E-state index contributed by atoms with van der Waals surface area (Å²) >= 11 is 0. The van der Waals surface area contributed by atoms with Crippen molar-refractivity contribution in [2.24, 2.45) is 0 Å². The van der Waals surface area contributed by atoms with Crippen molar-refractivity contribution < 1.29 is 9.53 Å². The number of nitrogens with zero attached hydrogens (tertiary/aromatic N) is 4. The first kappa shape index (κ1) is 20.5. The molecule has 8 nitrogen and oxygen atoms in total. The Bertz CT molecular complexity index is 1260. The average molecular weight is 417 g/mol. The summed E-state index contributed by atoms with van der Waals surface area (Å²) in [7, 11) is 1.58. The molecule has 0 atom stereocenters. The number of fused-ring (bicyclic) bond motifs is 1. The lowest BCUT2D eigenvalue weighted by Crippen LogP contribution is -2.32. The predicted molar refractivity (Wildman–Crippen MR) is 116 cm³/mol. The Morgan fingerprint density at radius 2 is 1.84 bits per heavy atom. The Kier molecular flexibility index (Phi) is 5.90. The lowest BCUT2D eigenvalue weighted by Gasteiger charge is -2.06. The SMILES string of the molecule is COCc1cc2nn(CC(=O)NCc3ccc(C)cc3)c(=O)n2c(-c2ccccc2)n1. The first-order valence-corrected chi connectivity index (χ1v) is 9.91. The van der Waals surface area contributed by atoms with Gasteiger partial charge in [0.1, 0.15) is 12.4 Å². The molecule has 0 fully saturated rings. The molecule has 0 radical (unpaired) electrons. The summed E-state index contributed by atoms with van der Waals surface area (Å²) in [5.74, 6) is 0.166. The van der Waals surface area contributed by atoms with Crippen molar-refractivity contribution in [3.05, 3.63) is 88.0 Å². The Labute approximate surface area is 179 Å². The van der Waals surface area contributed by atoms with Gasteiger partial charge in [0, 0.05) is 25.3 Å². The molecule has 2 aromatic carbocycles. The van der Waals surface area contributed by atoms with E-state index in [4.69, 9.17) is 4.74 Å². The largest absolute Gasteiger partial charge is 0.378 e. The van der Waals surface area contributed by atoms with Gasteiger partial charge in [0.2, 0.25) is 5.91 Å². The van der Waals surface area contributed by atoms with Gasteiger partial charge in [-0.2, -0.15) is 0 Å². The molecule has 4 aromatic rings. The maximum absolute atomic E-state index is 13.1. The lowest BCUT2D eigenvalue weighted by molar-refractivity contribution is -0.122. The highest BCUT2D eigenvalue weighted by molar-refractivity contribution is 5.75. The van der Waals surface area contributed by atoms with Crippen molar-refractivity contribution >= 4 is 11.6 Å². The van der Waals surface area contributed by atoms with E-state index >= 15 is 0 Å². The number of aromatic nitrogens is 4. The summed E-state index contributed by atoms with van der Waals surface area (Å²) in [6, 6.07) is 19.0. The minimum absolute atomic E-state index is 0.180. The van der Waals surface area contributed by atoms with Crippen molar-refractivity contribution in [1.29, 1.82) is 0 Å². The van der Waals surface area contributed by atoms with Crippen LogP contribution in [0.2, 0.25) is 0 Å². The minimum atomic E-state index is -0.421. The number of amides is 1. The Morgan fingerprint density at radius 1 is 1.10 bits per heavy atom. The molecule has 8 heteroatoms. The van der Waals surface area contributed by atoms with Crippen molar-refractivity contribution in [1.82, 2.24) is 24.5 Å². The predicted octanol–water partition coefficient (Wildman–Crippen LogP) is 2.33. The van der Waals surface area contributed by atoms with Gasteiger partial charge in [0.15, 0.2) is 5.65 Å². The van der Waals surface area contributed by atoms with Gasteiger partial charge in [0.05, 0.1) is 12.3 Å². The summed E-state index contributed by atoms with van der Waals surface area (Å²) in [6.07, 6.45) is 0. The molecule has 4 rings (SSSR count). The van der Waals surface area contributed by atoms with Crippen LogP contribution in [0.3, 0.4) is 0 Å². The topological polar surface area (TPSA) is 90.5 Å². The molecule has 0 aliphatic rings. The van der Waals surface area contributed by atoms with Crippen LogP contribution in [-0.4, -0.2) is 32.2 Å². The van der Waals surface area contributed by atoms with Crippen LogP contribution in [0.4, 0.5) is 0 Å². The number of rotatable bonds is 7. The third-order valence-electron chi connectivity index (χ3n) is 4.85. The van der Waals surface area contributed by atoms with Gasteiger partial charge in [-0.3, -0.25) is 4.79 Å². The van der Waals surface area contributed by atoms with E-state index in [1.807, 2.05) is 61.5 Å². The fourth-order valence-electron chi connectivity index (χ4n) is 3.29. The number of nitrogens with one attached hydrogen (secondary N) is 1. The molecule has 0 unspecified atom stereocenters. The van der Waals surface area contributed by atoms with Gasteiger partial charge in [-0.15, -0.1) is 5.10 Å². The summed E-state index contributed by atoms with van der Waals surface area (Å²) in [4.78, 5) is 30.1. The minimum Gasteiger partial charge on any atom is -0.378 e. The van der Waals surface area contributed by atoms with Crippen LogP contribution in [0, 0.1) is 6.92 Å². The van der Waals surface area contributed by atoms with E-state index in [9.17, 15) is 9.59 Å². The molecule has 1 N–H and O–H groups in total. The van der Waals surface area contributed by atoms with E-state index in [2.05, 4.69) is 15.4 Å². The molecule has 2 heterocycles. The molecule has 0 aliphatic carbocycles. The van der Waals surface area contributed by atoms with Crippen LogP contribution in [0.25, 0.3) is 17.0 Å². The number of carbonyl (C=O) groups is 1. The first-order valence-electron chi connectivity index (χ1n) is 9.91. The maximum atomic E-state index is 13.1. The quantitative estimate of drug-likeness (QED) is 0.498. The number of ether oxygens (including phenoxy) is 1. The summed E-state index contributed by atoms with van der Waals surface area (Å²) in [6.45, 7) is 2.50. The summed E-state index contributed by atoms with van der Waals surface area (Å²) in [5.41, 5.74) is 3.56. The van der Waals surface area contributed by atoms with Gasteiger partial charge < -0.3 is 10.1 Å². The van der Waals surface area contributed by atoms with Crippen LogP contribution in [0.1, 0.15) is 16.8 Å². The van der Waals surface area contributed by atoms with Gasteiger partial charge >= 0.3 is 5.69 Å². The summed E-state index contributed by atoms with van der Waals surface area (Å²) in [5, 5.41) is 7.19. The zero-order chi connectivity index (χ0) is 21.8. The second-order valence-corrected chi connectivity index (χ2v) is 7.27. The van der Waals surface area contributed by atoms with Gasteiger partial charge in [-0.1, -0.05) is 60.2 Å². The monoisotopic (exact) mass is 417 g/mol. The highest BCUT2D eigenvalue weighted by atomic mass is 16.5. The fourth-order valence-corrected chi connectivity index (χ4v) is 3.29. The Morgan fingerprint density at radius 3 is 2.55 bits per heavy atom. The van der Waals surface area contributed by atoms with Crippen LogP contribution < -0.4 is 11.0 Å². The fraction of sp³-hybridized carbons (Fsp3) is 0.217. The molecule has 0 bridgehead atoms. The number of hydrogen-bond donors (Lipinski definition) is 1. The van der Waals surface area contributed by atoms with Crippen molar-refractivity contribution in [3.8, 4) is 11.4 Å². The number of carbonyl (C=O) groups excluding carboxylic acids is 1. The number of methoxy groups -OCH3 is 1. The zero-order valence-electron chi connectivity index (χ0n) is 17.4. The Balaban J connectivity index is 1.63. The highest BCUT2D eigenvalue weighted by Crippen LogP contribution is 2.18. The van der Waals surface area contributed by atoms with E-state index in [1.165, 1.54) is 4.40 Å². The molecule has 0 spiro atoms. The second kappa shape index (κ2) is 8.93. The lowest BCUT2D eigenvalue weighted by atomic mass is 10.1. The van der Waals surface area contributed by atoms with E-state index in [0.29, 0.717) is 23.7 Å². The first-order chi connectivity index (χ1) is 15.0.